The van der Waals surface area contributed by atoms with Crippen molar-refractivity contribution in [1.29, 1.82) is 0 Å². The predicted octanol–water partition coefficient (Wildman–Crippen LogP) is 2.76. The van der Waals surface area contributed by atoms with E-state index in [9.17, 15) is 9.90 Å². The van der Waals surface area contributed by atoms with Gasteiger partial charge >= 0.3 is 5.97 Å². The van der Waals surface area contributed by atoms with Gasteiger partial charge in [-0.1, -0.05) is 20.3 Å². The SMILES string of the molecule is CC[C@H](C)C[C@H](CO)CC(=O)OC(C)(C)C. The molecule has 0 radical (unpaired) electrons. The van der Waals surface area contributed by atoms with E-state index in [1.807, 2.05) is 20.8 Å². The maximum Gasteiger partial charge on any atom is 0.306 e. The minimum atomic E-state index is -0.437. The van der Waals surface area contributed by atoms with E-state index in [4.69, 9.17) is 4.74 Å². The summed E-state index contributed by atoms with van der Waals surface area (Å²) in [6.45, 7) is 9.88. The Hall–Kier alpha value is -0.570. The zero-order chi connectivity index (χ0) is 12.8. The van der Waals surface area contributed by atoms with E-state index in [2.05, 4.69) is 13.8 Å². The third-order valence-electron chi connectivity index (χ3n) is 2.57. The van der Waals surface area contributed by atoms with Crippen LogP contribution < -0.4 is 0 Å². The summed E-state index contributed by atoms with van der Waals surface area (Å²) in [5.41, 5.74) is -0.437. The van der Waals surface area contributed by atoms with Gasteiger partial charge in [0.25, 0.3) is 0 Å². The molecular formula is C13H26O3. The standard InChI is InChI=1S/C13H26O3/c1-6-10(2)7-11(9-14)8-12(15)16-13(3,4)5/h10-11,14H,6-9H2,1-5H3/t10-,11-/m0/s1. The second-order valence-electron chi connectivity index (χ2n) is 5.59. The van der Waals surface area contributed by atoms with Crippen molar-refractivity contribution in [1.82, 2.24) is 0 Å². The van der Waals surface area contributed by atoms with Gasteiger partial charge in [-0.15, -0.1) is 0 Å². The van der Waals surface area contributed by atoms with Gasteiger partial charge in [0.05, 0.1) is 6.42 Å². The molecule has 0 aromatic rings. The maximum atomic E-state index is 11.6. The second kappa shape index (κ2) is 6.89. The predicted molar refractivity (Wildman–Crippen MR) is 65.1 cm³/mol. The van der Waals surface area contributed by atoms with Crippen LogP contribution >= 0.6 is 0 Å². The van der Waals surface area contributed by atoms with Crippen molar-refractivity contribution in [3.8, 4) is 0 Å². The lowest BCUT2D eigenvalue weighted by Crippen LogP contribution is -2.26. The van der Waals surface area contributed by atoms with Crippen LogP contribution in [0.5, 0.6) is 0 Å². The highest BCUT2D eigenvalue weighted by Gasteiger charge is 2.21. The van der Waals surface area contributed by atoms with E-state index < -0.39 is 5.60 Å². The third kappa shape index (κ3) is 7.69. The lowest BCUT2D eigenvalue weighted by atomic mass is 9.92. The lowest BCUT2D eigenvalue weighted by molar-refractivity contribution is -0.156. The van der Waals surface area contributed by atoms with E-state index in [1.165, 1.54) is 0 Å². The highest BCUT2D eigenvalue weighted by molar-refractivity contribution is 5.70. The first-order valence-corrected chi connectivity index (χ1v) is 6.11. The molecular weight excluding hydrogens is 204 g/mol. The number of rotatable bonds is 6. The topological polar surface area (TPSA) is 46.5 Å². The minimum Gasteiger partial charge on any atom is -0.460 e. The van der Waals surface area contributed by atoms with Crippen molar-refractivity contribution in [2.75, 3.05) is 6.61 Å². The Morgan fingerprint density at radius 3 is 2.31 bits per heavy atom. The smallest absolute Gasteiger partial charge is 0.306 e. The average Bonchev–Trinajstić information content (AvgIpc) is 2.13. The number of esters is 1. The highest BCUT2D eigenvalue weighted by atomic mass is 16.6. The van der Waals surface area contributed by atoms with Gasteiger partial charge in [-0.25, -0.2) is 0 Å². The first kappa shape index (κ1) is 15.4. The van der Waals surface area contributed by atoms with Crippen molar-refractivity contribution in [2.45, 2.75) is 59.5 Å². The minimum absolute atomic E-state index is 0.0322. The van der Waals surface area contributed by atoms with Gasteiger partial charge in [0, 0.05) is 6.61 Å². The van der Waals surface area contributed by atoms with Gasteiger partial charge in [0.2, 0.25) is 0 Å². The summed E-state index contributed by atoms with van der Waals surface area (Å²) in [5, 5.41) is 9.21. The van der Waals surface area contributed by atoms with Crippen LogP contribution in [0.3, 0.4) is 0 Å². The van der Waals surface area contributed by atoms with Gasteiger partial charge < -0.3 is 9.84 Å². The van der Waals surface area contributed by atoms with Gasteiger partial charge in [-0.3, -0.25) is 4.79 Å². The van der Waals surface area contributed by atoms with E-state index >= 15 is 0 Å². The second-order valence-corrected chi connectivity index (χ2v) is 5.59. The summed E-state index contributed by atoms with van der Waals surface area (Å²) < 4.78 is 5.24. The monoisotopic (exact) mass is 230 g/mol. The zero-order valence-electron chi connectivity index (χ0n) is 11.2. The molecule has 0 saturated heterocycles. The Balaban J connectivity index is 4.07. The first-order chi connectivity index (χ1) is 7.28. The van der Waals surface area contributed by atoms with Crippen LogP contribution in [-0.4, -0.2) is 23.3 Å². The molecule has 0 aliphatic heterocycles. The molecule has 0 amide bonds. The van der Waals surface area contributed by atoms with Gasteiger partial charge in [0.15, 0.2) is 0 Å². The Bertz CT molecular complexity index is 206. The molecule has 16 heavy (non-hydrogen) atoms. The molecule has 2 atom stereocenters. The summed E-state index contributed by atoms with van der Waals surface area (Å²) in [6, 6.07) is 0. The molecule has 0 aliphatic rings. The molecule has 0 saturated carbocycles. The largest absolute Gasteiger partial charge is 0.460 e. The molecule has 0 aromatic carbocycles. The van der Waals surface area contributed by atoms with E-state index in [0.717, 1.165) is 12.8 Å². The molecule has 0 bridgehead atoms. The fourth-order valence-corrected chi connectivity index (χ4v) is 1.58. The summed E-state index contributed by atoms with van der Waals surface area (Å²) in [7, 11) is 0. The van der Waals surface area contributed by atoms with Gasteiger partial charge in [0.1, 0.15) is 5.60 Å². The number of hydrogen-bond acceptors (Lipinski definition) is 3. The molecule has 0 spiro atoms. The van der Waals surface area contributed by atoms with Crippen LogP contribution in [0, 0.1) is 11.8 Å². The fourth-order valence-electron chi connectivity index (χ4n) is 1.58. The number of carbonyl (C=O) groups is 1. The number of aliphatic hydroxyl groups is 1. The molecule has 1 N–H and O–H groups in total. The van der Waals surface area contributed by atoms with Crippen molar-refractivity contribution >= 4 is 5.97 Å². The van der Waals surface area contributed by atoms with E-state index in [-0.39, 0.29) is 18.5 Å². The molecule has 3 heteroatoms. The van der Waals surface area contributed by atoms with Crippen molar-refractivity contribution in [3.05, 3.63) is 0 Å². The van der Waals surface area contributed by atoms with Crippen molar-refractivity contribution in [2.24, 2.45) is 11.8 Å². The first-order valence-electron chi connectivity index (χ1n) is 6.11. The summed E-state index contributed by atoms with van der Waals surface area (Å²) >= 11 is 0. The summed E-state index contributed by atoms with van der Waals surface area (Å²) in [6.07, 6.45) is 2.27. The van der Waals surface area contributed by atoms with Crippen molar-refractivity contribution < 1.29 is 14.6 Å². The van der Waals surface area contributed by atoms with Crippen LogP contribution in [0.15, 0.2) is 0 Å². The molecule has 0 unspecified atom stereocenters. The Morgan fingerprint density at radius 1 is 1.38 bits per heavy atom. The zero-order valence-corrected chi connectivity index (χ0v) is 11.2. The van der Waals surface area contributed by atoms with Crippen LogP contribution in [0.1, 0.15) is 53.9 Å². The molecule has 96 valence electrons. The van der Waals surface area contributed by atoms with Crippen LogP contribution in [0.25, 0.3) is 0 Å². The Morgan fingerprint density at radius 2 is 1.94 bits per heavy atom. The Labute approximate surface area is 99.2 Å². The molecule has 0 heterocycles. The van der Waals surface area contributed by atoms with Gasteiger partial charge in [-0.05, 0) is 39.0 Å². The molecule has 3 nitrogen and oxygen atoms in total. The summed E-state index contributed by atoms with van der Waals surface area (Å²) in [4.78, 5) is 11.6. The van der Waals surface area contributed by atoms with E-state index in [1.54, 1.807) is 0 Å². The van der Waals surface area contributed by atoms with E-state index in [0.29, 0.717) is 12.3 Å². The quantitative estimate of drug-likeness (QED) is 0.714. The molecule has 0 fully saturated rings. The van der Waals surface area contributed by atoms with Crippen LogP contribution in [-0.2, 0) is 9.53 Å². The number of aliphatic hydroxyl groups excluding tert-OH is 1. The normalized spacial score (nSPS) is 15.6. The van der Waals surface area contributed by atoms with Crippen LogP contribution in [0.4, 0.5) is 0 Å². The Kier molecular flexibility index (Phi) is 6.65. The molecule has 0 rings (SSSR count). The van der Waals surface area contributed by atoms with Gasteiger partial charge in [-0.2, -0.15) is 0 Å². The summed E-state index contributed by atoms with van der Waals surface area (Å²) in [5.74, 6) is 0.360. The average molecular weight is 230 g/mol. The maximum absolute atomic E-state index is 11.6. The molecule has 0 aromatic heterocycles. The number of ether oxygens (including phenoxy) is 1. The third-order valence-corrected chi connectivity index (χ3v) is 2.57. The number of hydrogen-bond donors (Lipinski definition) is 1. The number of carbonyl (C=O) groups excluding carboxylic acids is 1. The highest BCUT2D eigenvalue weighted by Crippen LogP contribution is 2.19. The molecule has 0 aliphatic carbocycles. The fraction of sp³-hybridized carbons (Fsp3) is 0.923. The van der Waals surface area contributed by atoms with Crippen LogP contribution in [0.2, 0.25) is 0 Å². The lowest BCUT2D eigenvalue weighted by Gasteiger charge is -2.22. The van der Waals surface area contributed by atoms with Crippen molar-refractivity contribution in [3.63, 3.8) is 0 Å².